The minimum atomic E-state index is -3.67. The first-order valence-electron chi connectivity index (χ1n) is 7.07. The van der Waals surface area contributed by atoms with Crippen molar-refractivity contribution in [2.45, 2.75) is 24.7 Å². The van der Waals surface area contributed by atoms with Gasteiger partial charge in [0.05, 0.1) is 11.4 Å². The van der Waals surface area contributed by atoms with Gasteiger partial charge in [-0.3, -0.25) is 4.79 Å². The summed E-state index contributed by atoms with van der Waals surface area (Å²) in [4.78, 5) is 11.8. The van der Waals surface area contributed by atoms with E-state index in [2.05, 4.69) is 10.6 Å². The van der Waals surface area contributed by atoms with Gasteiger partial charge in [-0.25, -0.2) is 8.42 Å². The maximum atomic E-state index is 12.8. The van der Waals surface area contributed by atoms with E-state index < -0.39 is 10.0 Å². The molecule has 6 nitrogen and oxygen atoms in total. The van der Waals surface area contributed by atoms with E-state index in [1.54, 1.807) is 19.1 Å². The molecule has 21 heavy (non-hydrogen) atoms. The molecule has 0 aromatic heterocycles. The van der Waals surface area contributed by atoms with Gasteiger partial charge in [0, 0.05) is 25.8 Å². The van der Waals surface area contributed by atoms with Gasteiger partial charge in [0.25, 0.3) is 0 Å². The molecule has 1 aliphatic rings. The van der Waals surface area contributed by atoms with Crippen LogP contribution >= 0.6 is 0 Å². The fourth-order valence-electron chi connectivity index (χ4n) is 2.46. The molecule has 7 heteroatoms. The highest BCUT2D eigenvalue weighted by Crippen LogP contribution is 2.30. The van der Waals surface area contributed by atoms with Crippen molar-refractivity contribution in [1.82, 2.24) is 9.62 Å². The van der Waals surface area contributed by atoms with Gasteiger partial charge in [0.2, 0.25) is 15.9 Å². The highest BCUT2D eigenvalue weighted by atomic mass is 32.2. The molecule has 2 rings (SSSR count). The number of nitrogens with zero attached hydrogens (tertiary/aromatic N) is 1. The van der Waals surface area contributed by atoms with Crippen molar-refractivity contribution in [2.24, 2.45) is 0 Å². The second kappa shape index (κ2) is 6.44. The number of rotatable bonds is 5. The average molecular weight is 311 g/mol. The van der Waals surface area contributed by atoms with E-state index in [4.69, 9.17) is 0 Å². The number of benzene rings is 1. The quantitative estimate of drug-likeness (QED) is 0.843. The largest absolute Gasteiger partial charge is 0.385 e. The molecule has 1 aromatic rings. The maximum Gasteiger partial charge on any atom is 0.243 e. The number of hydrogen-bond donors (Lipinski definition) is 2. The van der Waals surface area contributed by atoms with E-state index in [9.17, 15) is 13.2 Å². The summed E-state index contributed by atoms with van der Waals surface area (Å²) < 4.78 is 26.8. The maximum absolute atomic E-state index is 12.8. The normalized spacial score (nSPS) is 14.4. The molecule has 0 aliphatic carbocycles. The third-order valence-corrected chi connectivity index (χ3v) is 5.63. The number of nitrogens with one attached hydrogen (secondary N) is 2. The fourth-order valence-corrected chi connectivity index (χ4v) is 4.14. The number of amides is 1. The van der Waals surface area contributed by atoms with Crippen molar-refractivity contribution in [3.05, 3.63) is 23.8 Å². The molecule has 0 spiro atoms. The predicted octanol–water partition coefficient (Wildman–Crippen LogP) is 0.801. The van der Waals surface area contributed by atoms with E-state index in [1.807, 2.05) is 6.07 Å². The Labute approximate surface area is 125 Å². The number of fused-ring (bicyclic) bond motifs is 1. The summed E-state index contributed by atoms with van der Waals surface area (Å²) in [5, 5.41) is 5.68. The Kier molecular flexibility index (Phi) is 4.84. The van der Waals surface area contributed by atoms with Crippen LogP contribution in [0.25, 0.3) is 0 Å². The molecule has 0 saturated heterocycles. The third kappa shape index (κ3) is 3.19. The van der Waals surface area contributed by atoms with Crippen molar-refractivity contribution in [2.75, 3.05) is 32.0 Å². The lowest BCUT2D eigenvalue weighted by Crippen LogP contribution is -2.39. The standard InChI is InChI=1S/C14H21N3O3S/c1-3-17(10-14(18)15-2)21(19,20)13-8-4-7-12-11(13)6-5-9-16-12/h4,7-8,16H,3,5-6,9-10H2,1-2H3,(H,15,18). The van der Waals surface area contributed by atoms with E-state index in [0.717, 1.165) is 30.6 Å². The first kappa shape index (κ1) is 15.8. The summed E-state index contributed by atoms with van der Waals surface area (Å²) >= 11 is 0. The first-order chi connectivity index (χ1) is 10.0. The molecule has 2 N–H and O–H groups in total. The van der Waals surface area contributed by atoms with Crippen molar-refractivity contribution < 1.29 is 13.2 Å². The monoisotopic (exact) mass is 311 g/mol. The van der Waals surface area contributed by atoms with Crippen molar-refractivity contribution >= 4 is 21.6 Å². The lowest BCUT2D eigenvalue weighted by atomic mass is 10.0. The summed E-state index contributed by atoms with van der Waals surface area (Å²) in [6.45, 7) is 2.68. The molecule has 0 bridgehead atoms. The Bertz CT molecular complexity index is 628. The summed E-state index contributed by atoms with van der Waals surface area (Å²) in [6, 6.07) is 5.24. The Morgan fingerprint density at radius 1 is 1.43 bits per heavy atom. The Balaban J connectivity index is 2.41. The van der Waals surface area contributed by atoms with Crippen LogP contribution in [0.2, 0.25) is 0 Å². The molecule has 0 unspecified atom stereocenters. The van der Waals surface area contributed by atoms with E-state index >= 15 is 0 Å². The second-order valence-corrected chi connectivity index (χ2v) is 6.82. The average Bonchev–Trinajstić information content (AvgIpc) is 2.51. The SMILES string of the molecule is CCN(CC(=O)NC)S(=O)(=O)c1cccc2c1CCCN2. The van der Waals surface area contributed by atoms with Crippen LogP contribution in [0.3, 0.4) is 0 Å². The van der Waals surface area contributed by atoms with Crippen LogP contribution < -0.4 is 10.6 Å². The lowest BCUT2D eigenvalue weighted by Gasteiger charge is -2.25. The Hall–Kier alpha value is -1.60. The van der Waals surface area contributed by atoms with Crippen molar-refractivity contribution in [3.8, 4) is 0 Å². The van der Waals surface area contributed by atoms with Gasteiger partial charge in [-0.05, 0) is 30.5 Å². The number of anilines is 1. The van der Waals surface area contributed by atoms with Gasteiger partial charge in [0.15, 0.2) is 0 Å². The van der Waals surface area contributed by atoms with Crippen LogP contribution in [0.15, 0.2) is 23.1 Å². The highest BCUT2D eigenvalue weighted by molar-refractivity contribution is 7.89. The number of hydrogen-bond acceptors (Lipinski definition) is 4. The summed E-state index contributed by atoms with van der Waals surface area (Å²) in [7, 11) is -2.17. The van der Waals surface area contributed by atoms with Gasteiger partial charge in [0.1, 0.15) is 0 Å². The fraction of sp³-hybridized carbons (Fsp3) is 0.500. The van der Waals surface area contributed by atoms with Crippen LogP contribution in [0, 0.1) is 0 Å². The molecule has 0 atom stereocenters. The third-order valence-electron chi connectivity index (χ3n) is 3.62. The van der Waals surface area contributed by atoms with Crippen LogP contribution in [-0.4, -0.2) is 45.3 Å². The number of likely N-dealkylation sites (N-methyl/N-ethyl adjacent to an activating group) is 2. The van der Waals surface area contributed by atoms with Crippen LogP contribution in [-0.2, 0) is 21.2 Å². The van der Waals surface area contributed by atoms with Gasteiger partial charge in [-0.1, -0.05) is 13.0 Å². The number of carbonyl (C=O) groups is 1. The van der Waals surface area contributed by atoms with E-state index in [1.165, 1.54) is 11.4 Å². The van der Waals surface area contributed by atoms with E-state index in [-0.39, 0.29) is 19.0 Å². The molecule has 0 saturated carbocycles. The summed E-state index contributed by atoms with van der Waals surface area (Å²) in [5.74, 6) is -0.316. The Morgan fingerprint density at radius 3 is 2.86 bits per heavy atom. The van der Waals surface area contributed by atoms with Crippen LogP contribution in [0.5, 0.6) is 0 Å². The Morgan fingerprint density at radius 2 is 2.19 bits per heavy atom. The zero-order chi connectivity index (χ0) is 15.5. The summed E-state index contributed by atoms with van der Waals surface area (Å²) in [6.07, 6.45) is 1.64. The van der Waals surface area contributed by atoms with E-state index in [0.29, 0.717) is 4.90 Å². The molecule has 1 amide bonds. The molecule has 116 valence electrons. The van der Waals surface area contributed by atoms with Gasteiger partial charge in [-0.2, -0.15) is 4.31 Å². The predicted molar refractivity (Wildman–Crippen MR) is 81.8 cm³/mol. The van der Waals surface area contributed by atoms with Crippen LogP contribution in [0.1, 0.15) is 18.9 Å². The molecule has 0 radical (unpaired) electrons. The molecule has 0 fully saturated rings. The molecule has 1 aromatic carbocycles. The zero-order valence-corrected chi connectivity index (χ0v) is 13.2. The molecule has 1 heterocycles. The minimum absolute atomic E-state index is 0.160. The highest BCUT2D eigenvalue weighted by Gasteiger charge is 2.28. The number of carbonyl (C=O) groups excluding carboxylic acids is 1. The smallest absolute Gasteiger partial charge is 0.243 e. The second-order valence-electron chi connectivity index (χ2n) is 4.92. The van der Waals surface area contributed by atoms with Crippen molar-refractivity contribution in [1.29, 1.82) is 0 Å². The minimum Gasteiger partial charge on any atom is -0.385 e. The summed E-state index contributed by atoms with van der Waals surface area (Å²) in [5.41, 5.74) is 1.69. The number of sulfonamides is 1. The molecular formula is C14H21N3O3S. The first-order valence-corrected chi connectivity index (χ1v) is 8.51. The van der Waals surface area contributed by atoms with Crippen LogP contribution in [0.4, 0.5) is 5.69 Å². The molecule has 1 aliphatic heterocycles. The molecular weight excluding hydrogens is 290 g/mol. The van der Waals surface area contributed by atoms with Gasteiger partial charge in [-0.15, -0.1) is 0 Å². The lowest BCUT2D eigenvalue weighted by molar-refractivity contribution is -0.120. The van der Waals surface area contributed by atoms with Gasteiger partial charge < -0.3 is 10.6 Å². The van der Waals surface area contributed by atoms with Crippen molar-refractivity contribution in [3.63, 3.8) is 0 Å². The topological polar surface area (TPSA) is 78.5 Å². The zero-order valence-electron chi connectivity index (χ0n) is 12.3. The van der Waals surface area contributed by atoms with Gasteiger partial charge >= 0.3 is 0 Å².